The zero-order valence-corrected chi connectivity index (χ0v) is 20.8. The molecular formula is C25H29NO10. The Morgan fingerprint density at radius 3 is 2.47 bits per heavy atom. The van der Waals surface area contributed by atoms with Crippen LogP contribution in [0.4, 0.5) is 4.79 Å². The summed E-state index contributed by atoms with van der Waals surface area (Å²) < 4.78 is 43.9. The van der Waals surface area contributed by atoms with Gasteiger partial charge in [-0.15, -0.1) is 0 Å². The summed E-state index contributed by atoms with van der Waals surface area (Å²) in [5, 5.41) is 2.72. The van der Waals surface area contributed by atoms with Crippen molar-refractivity contribution in [2.24, 2.45) is 0 Å². The van der Waals surface area contributed by atoms with Gasteiger partial charge in [-0.05, 0) is 31.0 Å². The first-order valence-electron chi connectivity index (χ1n) is 11.4. The highest BCUT2D eigenvalue weighted by molar-refractivity contribution is 5.95. The minimum atomic E-state index is -0.577. The maximum absolute atomic E-state index is 12.7. The Labute approximate surface area is 208 Å². The second-order valence-corrected chi connectivity index (χ2v) is 7.85. The topological polar surface area (TPSA) is 123 Å². The van der Waals surface area contributed by atoms with Gasteiger partial charge in [0.1, 0.15) is 17.8 Å². The van der Waals surface area contributed by atoms with Crippen LogP contribution in [0.1, 0.15) is 46.2 Å². The molecule has 1 saturated heterocycles. The number of carbonyl (C=O) groups excluding carboxylic acids is 2. The van der Waals surface area contributed by atoms with E-state index in [2.05, 4.69) is 5.32 Å². The van der Waals surface area contributed by atoms with Crippen LogP contribution in [-0.4, -0.2) is 60.4 Å². The summed E-state index contributed by atoms with van der Waals surface area (Å²) >= 11 is 0. The van der Waals surface area contributed by atoms with E-state index in [1.807, 2.05) is 6.07 Å². The molecule has 194 valence electrons. The van der Waals surface area contributed by atoms with Crippen molar-refractivity contribution in [3.05, 3.63) is 40.5 Å². The zero-order valence-electron chi connectivity index (χ0n) is 20.8. The van der Waals surface area contributed by atoms with E-state index in [1.54, 1.807) is 19.1 Å². The molecule has 0 aromatic heterocycles. The number of rotatable bonds is 10. The molecule has 2 aliphatic rings. The molecule has 2 unspecified atom stereocenters. The Balaban J connectivity index is 1.72. The highest BCUT2D eigenvalue weighted by Gasteiger charge is 2.48. The quantitative estimate of drug-likeness (QED) is 0.381. The maximum atomic E-state index is 12.7. The van der Waals surface area contributed by atoms with Gasteiger partial charge in [0, 0.05) is 17.7 Å². The fourth-order valence-corrected chi connectivity index (χ4v) is 4.34. The lowest BCUT2D eigenvalue weighted by Gasteiger charge is -2.16. The molecule has 2 atom stereocenters. The number of carbonyl (C=O) groups is 2. The van der Waals surface area contributed by atoms with Gasteiger partial charge >= 0.3 is 12.1 Å². The van der Waals surface area contributed by atoms with E-state index in [1.165, 1.54) is 28.4 Å². The number of benzene rings is 2. The van der Waals surface area contributed by atoms with Crippen LogP contribution in [-0.2, 0) is 20.6 Å². The van der Waals surface area contributed by atoms with E-state index in [0.717, 1.165) is 11.1 Å². The summed E-state index contributed by atoms with van der Waals surface area (Å²) in [6.07, 6.45) is -1.01. The van der Waals surface area contributed by atoms with Crippen molar-refractivity contribution in [1.29, 1.82) is 0 Å². The minimum absolute atomic E-state index is 0.0623. The van der Waals surface area contributed by atoms with Gasteiger partial charge in [0.25, 0.3) is 0 Å². The first-order valence-corrected chi connectivity index (χ1v) is 11.4. The minimum Gasteiger partial charge on any atom is -0.493 e. The van der Waals surface area contributed by atoms with E-state index in [0.29, 0.717) is 41.5 Å². The molecule has 1 fully saturated rings. The molecule has 4 rings (SSSR count). The number of fused-ring (bicyclic) bond motifs is 1. The molecule has 36 heavy (non-hydrogen) atoms. The van der Waals surface area contributed by atoms with Crippen molar-refractivity contribution >= 4 is 12.1 Å². The fourth-order valence-electron chi connectivity index (χ4n) is 4.34. The number of esters is 1. The number of ether oxygens (including phenoxy) is 8. The monoisotopic (exact) mass is 503 g/mol. The second-order valence-electron chi connectivity index (χ2n) is 7.85. The number of hydrogen-bond acceptors (Lipinski definition) is 10. The number of methoxy groups -OCH3 is 4. The van der Waals surface area contributed by atoms with Crippen LogP contribution in [0, 0.1) is 0 Å². The third-order valence-corrected chi connectivity index (χ3v) is 5.94. The molecule has 0 bridgehead atoms. The lowest BCUT2D eigenvalue weighted by molar-refractivity contribution is 0.0594. The molecule has 0 spiro atoms. The Bertz CT molecular complexity index is 1150. The number of hydrogen-bond donors (Lipinski definition) is 1. The molecule has 0 radical (unpaired) electrons. The second kappa shape index (κ2) is 10.8. The first-order chi connectivity index (χ1) is 17.5. The molecule has 1 amide bonds. The molecule has 2 aliphatic heterocycles. The lowest BCUT2D eigenvalue weighted by atomic mass is 9.93. The first kappa shape index (κ1) is 25.2. The molecule has 11 heteroatoms. The third-order valence-electron chi connectivity index (χ3n) is 5.94. The molecule has 0 saturated carbocycles. The van der Waals surface area contributed by atoms with Gasteiger partial charge < -0.3 is 43.2 Å². The summed E-state index contributed by atoms with van der Waals surface area (Å²) in [5.74, 6) is 1.57. The highest BCUT2D eigenvalue weighted by Crippen LogP contribution is 2.59. The van der Waals surface area contributed by atoms with Crippen molar-refractivity contribution in [1.82, 2.24) is 5.32 Å². The number of alkyl carbamates (subject to hydrolysis) is 1. The molecule has 11 nitrogen and oxygen atoms in total. The van der Waals surface area contributed by atoms with Gasteiger partial charge in [-0.2, -0.15) is 0 Å². The van der Waals surface area contributed by atoms with Crippen LogP contribution in [0.2, 0.25) is 0 Å². The Morgan fingerprint density at radius 1 is 1.03 bits per heavy atom. The normalized spacial score (nSPS) is 17.2. The van der Waals surface area contributed by atoms with Crippen LogP contribution >= 0.6 is 0 Å². The van der Waals surface area contributed by atoms with E-state index >= 15 is 0 Å². The van der Waals surface area contributed by atoms with Crippen LogP contribution in [0.15, 0.2) is 18.2 Å². The molecule has 2 aromatic rings. The highest BCUT2D eigenvalue weighted by atomic mass is 16.7. The van der Waals surface area contributed by atoms with Crippen molar-refractivity contribution in [3.63, 3.8) is 0 Å². The third kappa shape index (κ3) is 4.66. The molecule has 2 aromatic carbocycles. The lowest BCUT2D eigenvalue weighted by Crippen LogP contribution is -2.26. The number of epoxide rings is 1. The number of amides is 1. The van der Waals surface area contributed by atoms with Crippen molar-refractivity contribution in [2.75, 3.05) is 48.4 Å². The van der Waals surface area contributed by atoms with Crippen LogP contribution in [0.5, 0.6) is 28.7 Å². The summed E-state index contributed by atoms with van der Waals surface area (Å²) in [6.45, 7) is 2.39. The van der Waals surface area contributed by atoms with Crippen molar-refractivity contribution in [2.45, 2.75) is 25.6 Å². The Morgan fingerprint density at radius 2 is 1.81 bits per heavy atom. The largest absolute Gasteiger partial charge is 0.493 e. The summed E-state index contributed by atoms with van der Waals surface area (Å²) in [6, 6.07) is 5.31. The van der Waals surface area contributed by atoms with Crippen molar-refractivity contribution in [3.8, 4) is 28.7 Å². The van der Waals surface area contributed by atoms with E-state index in [-0.39, 0.29) is 24.7 Å². The molecule has 1 N–H and O–H groups in total. The molecule has 0 aliphatic carbocycles. The number of nitrogens with one attached hydrogen (secondary N) is 1. The Kier molecular flexibility index (Phi) is 7.58. The van der Waals surface area contributed by atoms with Gasteiger partial charge in [-0.1, -0.05) is 6.07 Å². The zero-order chi connectivity index (χ0) is 25.8. The van der Waals surface area contributed by atoms with E-state index in [4.69, 9.17) is 37.9 Å². The maximum Gasteiger partial charge on any atom is 0.407 e. The van der Waals surface area contributed by atoms with Gasteiger partial charge in [0.05, 0.1) is 35.0 Å². The predicted molar refractivity (Wildman–Crippen MR) is 125 cm³/mol. The van der Waals surface area contributed by atoms with E-state index < -0.39 is 24.3 Å². The average molecular weight is 504 g/mol. The average Bonchev–Trinajstić information content (AvgIpc) is 3.53. The van der Waals surface area contributed by atoms with Gasteiger partial charge in [0.2, 0.25) is 12.5 Å². The van der Waals surface area contributed by atoms with Crippen LogP contribution in [0.3, 0.4) is 0 Å². The Hall–Kier alpha value is -3.86. The van der Waals surface area contributed by atoms with Gasteiger partial charge in [-0.3, -0.25) is 0 Å². The molecular weight excluding hydrogens is 474 g/mol. The summed E-state index contributed by atoms with van der Waals surface area (Å²) in [4.78, 5) is 24.5. The standard InChI is InChI=1S/C25H29NO10/c1-6-33-25(28)26-10-9-13-11-16-21(35-12-34-16)22(31-4)17(13)23-19(36-23)14-7-8-15(29-2)20(30-3)18(14)24(27)32-5/h7-8,11,19,23H,6,9-10,12H2,1-5H3,(H,26,28). The predicted octanol–water partition coefficient (Wildman–Crippen LogP) is 3.33. The van der Waals surface area contributed by atoms with Crippen LogP contribution in [0.25, 0.3) is 0 Å². The fraction of sp³-hybridized carbons (Fsp3) is 0.440. The SMILES string of the molecule is CCOC(=O)NCCc1cc2c(c(OC)c1C1OC1c1ccc(OC)c(OC)c1C(=O)OC)OCO2. The van der Waals surface area contributed by atoms with Crippen molar-refractivity contribution < 1.29 is 47.5 Å². The van der Waals surface area contributed by atoms with E-state index in [9.17, 15) is 9.59 Å². The van der Waals surface area contributed by atoms with Crippen LogP contribution < -0.4 is 29.0 Å². The smallest absolute Gasteiger partial charge is 0.407 e. The molecule has 2 heterocycles. The van der Waals surface area contributed by atoms with Gasteiger partial charge in [0.15, 0.2) is 23.0 Å². The summed E-state index contributed by atoms with van der Waals surface area (Å²) in [7, 11) is 5.78. The van der Waals surface area contributed by atoms with Gasteiger partial charge in [-0.25, -0.2) is 9.59 Å². The summed E-state index contributed by atoms with van der Waals surface area (Å²) in [5.41, 5.74) is 2.38.